The fourth-order valence-corrected chi connectivity index (χ4v) is 0.267. The molecule has 0 rings (SSSR count). The minimum atomic E-state index is 0. The molecule has 66 valence electrons. The van der Waals surface area contributed by atoms with Gasteiger partial charge >= 0.3 is 0 Å². The molecule has 0 saturated heterocycles. The first-order valence-electron chi connectivity index (χ1n) is 2.81. The number of halogens is 1. The summed E-state index contributed by atoms with van der Waals surface area (Å²) in [5, 5.41) is 0. The van der Waals surface area contributed by atoms with E-state index in [1.165, 1.54) is 0 Å². The maximum atomic E-state index is 5.41. The lowest BCUT2D eigenvalue weighted by molar-refractivity contribution is 0.615. The molecule has 0 heterocycles. The van der Waals surface area contributed by atoms with Crippen LogP contribution in [-0.2, 0) is 0 Å². The molecule has 6 heteroatoms. The molecule has 5 nitrogen and oxygen atoms in total. The van der Waals surface area contributed by atoms with Crippen molar-refractivity contribution in [2.24, 2.45) is 21.5 Å². The number of hydrogen-bond donors (Lipinski definition) is 2. The third-order valence-corrected chi connectivity index (χ3v) is 0.916. The van der Waals surface area contributed by atoms with Crippen LogP contribution < -0.4 is 11.5 Å². The highest BCUT2D eigenvalue weighted by atomic mass is 35.5. The zero-order chi connectivity index (χ0) is 8.15. The molecule has 0 amide bonds. The van der Waals surface area contributed by atoms with Gasteiger partial charge in [0.15, 0.2) is 5.96 Å². The lowest BCUT2D eigenvalue weighted by Crippen LogP contribution is -2.32. The van der Waals surface area contributed by atoms with E-state index in [0.29, 0.717) is 5.96 Å². The number of nitrogens with two attached hydrogens (primary N) is 2. The van der Waals surface area contributed by atoms with Crippen molar-refractivity contribution >= 4 is 24.3 Å². The van der Waals surface area contributed by atoms with Gasteiger partial charge in [-0.2, -0.15) is 4.99 Å². The van der Waals surface area contributed by atoms with E-state index in [0.717, 1.165) is 0 Å². The Bertz CT molecular complexity index is 162. The minimum absolute atomic E-state index is 0. The van der Waals surface area contributed by atoms with E-state index < -0.39 is 0 Å². The van der Waals surface area contributed by atoms with Gasteiger partial charge in [-0.1, -0.05) is 0 Å². The normalized spacial score (nSPS) is 12.3. The van der Waals surface area contributed by atoms with Crippen molar-refractivity contribution in [3.8, 4) is 0 Å². The molecular formula is C5H14ClN5. The van der Waals surface area contributed by atoms with Crippen LogP contribution in [-0.4, -0.2) is 38.0 Å². The molecule has 11 heavy (non-hydrogen) atoms. The number of aliphatic imine (C=N–C) groups is 2. The summed E-state index contributed by atoms with van der Waals surface area (Å²) in [5.74, 6) is 0.536. The van der Waals surface area contributed by atoms with Crippen molar-refractivity contribution in [3.05, 3.63) is 0 Å². The number of hydrogen-bond acceptors (Lipinski definition) is 1. The van der Waals surface area contributed by atoms with E-state index in [1.54, 1.807) is 26.0 Å². The number of rotatable bonds is 0. The molecule has 0 aliphatic heterocycles. The van der Waals surface area contributed by atoms with Crippen LogP contribution in [0.25, 0.3) is 0 Å². The van der Waals surface area contributed by atoms with E-state index in [4.69, 9.17) is 11.5 Å². The summed E-state index contributed by atoms with van der Waals surface area (Å²) in [6, 6.07) is 0. The molecule has 0 aromatic heterocycles. The Morgan fingerprint density at radius 3 is 2.00 bits per heavy atom. The first-order valence-corrected chi connectivity index (χ1v) is 2.81. The molecule has 0 unspecified atom stereocenters. The van der Waals surface area contributed by atoms with Gasteiger partial charge in [-0.25, -0.2) is 0 Å². The minimum Gasteiger partial charge on any atom is -0.369 e. The SMILES string of the molecule is CN=C(N)N=C(N)N(C)C.Cl. The summed E-state index contributed by atoms with van der Waals surface area (Å²) in [7, 11) is 5.12. The highest BCUT2D eigenvalue weighted by Crippen LogP contribution is 1.75. The summed E-state index contributed by atoms with van der Waals surface area (Å²) < 4.78 is 0. The number of nitrogens with zero attached hydrogens (tertiary/aromatic N) is 3. The van der Waals surface area contributed by atoms with Crippen molar-refractivity contribution in [1.82, 2.24) is 4.90 Å². The van der Waals surface area contributed by atoms with Crippen molar-refractivity contribution in [1.29, 1.82) is 0 Å². The molecule has 0 aliphatic rings. The van der Waals surface area contributed by atoms with Crippen LogP contribution in [0.4, 0.5) is 0 Å². The molecule has 0 radical (unpaired) electrons. The summed E-state index contributed by atoms with van der Waals surface area (Å²) in [5.41, 5.74) is 10.7. The fraction of sp³-hybridized carbons (Fsp3) is 0.600. The largest absolute Gasteiger partial charge is 0.369 e. The second-order valence-corrected chi connectivity index (χ2v) is 1.95. The third-order valence-electron chi connectivity index (χ3n) is 0.916. The van der Waals surface area contributed by atoms with Crippen LogP contribution in [0.5, 0.6) is 0 Å². The van der Waals surface area contributed by atoms with E-state index in [-0.39, 0.29) is 18.4 Å². The van der Waals surface area contributed by atoms with Gasteiger partial charge in [0, 0.05) is 21.1 Å². The lowest BCUT2D eigenvalue weighted by atomic mass is 10.8. The predicted molar refractivity (Wildman–Crippen MR) is 50.1 cm³/mol. The van der Waals surface area contributed by atoms with Crippen molar-refractivity contribution in [2.45, 2.75) is 0 Å². The Balaban J connectivity index is 0. The molecule has 0 spiro atoms. The van der Waals surface area contributed by atoms with Gasteiger partial charge in [-0.05, 0) is 0 Å². The van der Waals surface area contributed by atoms with Gasteiger partial charge in [-0.15, -0.1) is 12.4 Å². The van der Waals surface area contributed by atoms with E-state index >= 15 is 0 Å². The van der Waals surface area contributed by atoms with Crippen LogP contribution in [0.2, 0.25) is 0 Å². The zero-order valence-corrected chi connectivity index (χ0v) is 7.72. The summed E-state index contributed by atoms with van der Waals surface area (Å²) >= 11 is 0. The van der Waals surface area contributed by atoms with Gasteiger partial charge in [0.05, 0.1) is 0 Å². The highest BCUT2D eigenvalue weighted by Gasteiger charge is 1.93. The molecule has 0 bridgehead atoms. The molecule has 0 aromatic carbocycles. The maximum absolute atomic E-state index is 5.41. The van der Waals surface area contributed by atoms with Gasteiger partial charge < -0.3 is 16.4 Å². The van der Waals surface area contributed by atoms with E-state index in [1.807, 2.05) is 0 Å². The smallest absolute Gasteiger partial charge is 0.218 e. The Morgan fingerprint density at radius 2 is 1.73 bits per heavy atom. The van der Waals surface area contributed by atoms with E-state index in [2.05, 4.69) is 9.98 Å². The maximum Gasteiger partial charge on any atom is 0.218 e. The van der Waals surface area contributed by atoms with Crippen molar-refractivity contribution in [2.75, 3.05) is 21.1 Å². The van der Waals surface area contributed by atoms with Gasteiger partial charge in [0.1, 0.15) is 0 Å². The van der Waals surface area contributed by atoms with Crippen molar-refractivity contribution in [3.63, 3.8) is 0 Å². The quantitative estimate of drug-likeness (QED) is 0.379. The average molecular weight is 180 g/mol. The zero-order valence-electron chi connectivity index (χ0n) is 6.90. The Kier molecular flexibility index (Phi) is 6.67. The van der Waals surface area contributed by atoms with Crippen LogP contribution in [0.3, 0.4) is 0 Å². The number of guanidine groups is 2. The Hall–Kier alpha value is -0.970. The average Bonchev–Trinajstić information content (AvgIpc) is 1.87. The second kappa shape index (κ2) is 5.79. The van der Waals surface area contributed by atoms with Crippen LogP contribution in [0.1, 0.15) is 0 Å². The first kappa shape index (κ1) is 12.7. The van der Waals surface area contributed by atoms with Crippen molar-refractivity contribution < 1.29 is 0 Å². The standard InChI is InChI=1S/C5H13N5.ClH/c1-8-4(6)9-5(7)10(2)3;/h1-3H3,(H4,6,7,8,9);1H. The monoisotopic (exact) mass is 179 g/mol. The molecule has 4 N–H and O–H groups in total. The molecule has 0 saturated carbocycles. The Morgan fingerprint density at radius 1 is 1.27 bits per heavy atom. The van der Waals surface area contributed by atoms with Crippen LogP contribution >= 0.6 is 12.4 Å². The summed E-state index contributed by atoms with van der Waals surface area (Å²) in [6.07, 6.45) is 0. The molecule has 0 aromatic rings. The van der Waals surface area contributed by atoms with Gasteiger partial charge in [0.25, 0.3) is 0 Å². The van der Waals surface area contributed by atoms with Crippen LogP contribution in [0.15, 0.2) is 9.98 Å². The second-order valence-electron chi connectivity index (χ2n) is 1.95. The summed E-state index contributed by atoms with van der Waals surface area (Å²) in [4.78, 5) is 9.00. The molecular weight excluding hydrogens is 166 g/mol. The highest BCUT2D eigenvalue weighted by molar-refractivity contribution is 5.92. The summed E-state index contributed by atoms with van der Waals surface area (Å²) in [6.45, 7) is 0. The fourth-order valence-electron chi connectivity index (χ4n) is 0.267. The topological polar surface area (TPSA) is 80.0 Å². The van der Waals surface area contributed by atoms with Crippen LogP contribution in [0, 0.1) is 0 Å². The predicted octanol–water partition coefficient (Wildman–Crippen LogP) is -0.771. The van der Waals surface area contributed by atoms with Gasteiger partial charge in [-0.3, -0.25) is 4.99 Å². The first-order chi connectivity index (χ1) is 4.57. The Labute approximate surface area is 72.6 Å². The lowest BCUT2D eigenvalue weighted by Gasteiger charge is -2.09. The molecule has 0 aliphatic carbocycles. The third kappa shape index (κ3) is 5.47. The van der Waals surface area contributed by atoms with Gasteiger partial charge in [0.2, 0.25) is 5.96 Å². The van der Waals surface area contributed by atoms with E-state index in [9.17, 15) is 0 Å². The molecule has 0 atom stereocenters. The molecule has 0 fully saturated rings.